The van der Waals surface area contributed by atoms with Crippen LogP contribution in [0, 0.1) is 5.92 Å². The smallest absolute Gasteiger partial charge is 0.0578 e. The highest BCUT2D eigenvalue weighted by molar-refractivity contribution is 8.18. The molecule has 2 heterocycles. The highest BCUT2D eigenvalue weighted by atomic mass is 32.2. The minimum Gasteiger partial charge on any atom is -0.280 e. The van der Waals surface area contributed by atoms with Crippen LogP contribution in [0.15, 0.2) is 0 Å². The van der Waals surface area contributed by atoms with Crippen LogP contribution in [0.5, 0.6) is 0 Å². The Kier molecular flexibility index (Phi) is 3.72. The summed E-state index contributed by atoms with van der Waals surface area (Å²) < 4.78 is 0.851. The third-order valence-electron chi connectivity index (χ3n) is 3.03. The van der Waals surface area contributed by atoms with Gasteiger partial charge < -0.3 is 0 Å². The maximum Gasteiger partial charge on any atom is 0.0578 e. The average molecular weight is 231 g/mol. The van der Waals surface area contributed by atoms with E-state index in [4.69, 9.17) is 0 Å². The Labute approximate surface area is 96.4 Å². The standard InChI is InChI=1S/C11H21NS2/c1-8(2)7-11-13-9(3)12-6-4-5-10(12)14-11/h8-11H,4-7H2,1-3H3. The lowest BCUT2D eigenvalue weighted by Gasteiger charge is -2.39. The third kappa shape index (κ3) is 2.42. The fourth-order valence-electron chi connectivity index (χ4n) is 2.32. The van der Waals surface area contributed by atoms with Gasteiger partial charge in [0, 0.05) is 6.54 Å². The topological polar surface area (TPSA) is 3.24 Å². The first kappa shape index (κ1) is 11.2. The van der Waals surface area contributed by atoms with Crippen molar-refractivity contribution >= 4 is 23.5 Å². The largest absolute Gasteiger partial charge is 0.280 e. The van der Waals surface area contributed by atoms with Crippen molar-refractivity contribution in [2.45, 2.75) is 55.4 Å². The van der Waals surface area contributed by atoms with E-state index < -0.39 is 0 Å². The van der Waals surface area contributed by atoms with Crippen LogP contribution in [0.3, 0.4) is 0 Å². The van der Waals surface area contributed by atoms with Crippen LogP contribution >= 0.6 is 23.5 Å². The van der Waals surface area contributed by atoms with Gasteiger partial charge in [-0.1, -0.05) is 13.8 Å². The molecule has 2 rings (SSSR count). The second-order valence-corrected chi connectivity index (χ2v) is 7.97. The molecule has 2 aliphatic rings. The van der Waals surface area contributed by atoms with Gasteiger partial charge in [-0.25, -0.2) is 0 Å². The van der Waals surface area contributed by atoms with Crippen LogP contribution in [0.2, 0.25) is 0 Å². The van der Waals surface area contributed by atoms with E-state index in [0.717, 1.165) is 21.2 Å². The van der Waals surface area contributed by atoms with Crippen molar-refractivity contribution < 1.29 is 0 Å². The summed E-state index contributed by atoms with van der Waals surface area (Å²) in [7, 11) is 0. The number of hydrogen-bond donors (Lipinski definition) is 0. The van der Waals surface area contributed by atoms with Crippen molar-refractivity contribution in [3.05, 3.63) is 0 Å². The monoisotopic (exact) mass is 231 g/mol. The van der Waals surface area contributed by atoms with Gasteiger partial charge in [0.25, 0.3) is 0 Å². The molecular weight excluding hydrogens is 210 g/mol. The maximum atomic E-state index is 2.69. The second-order valence-electron chi connectivity index (χ2n) is 4.77. The first-order valence-corrected chi connectivity index (χ1v) is 7.62. The van der Waals surface area contributed by atoms with Crippen LogP contribution in [0.4, 0.5) is 0 Å². The SMILES string of the molecule is CC(C)CC1SC(C)N2CCCC2S1. The summed E-state index contributed by atoms with van der Waals surface area (Å²) in [5.41, 5.74) is 0. The normalized spacial score (nSPS) is 39.0. The molecule has 0 radical (unpaired) electrons. The van der Waals surface area contributed by atoms with Crippen molar-refractivity contribution in [3.63, 3.8) is 0 Å². The van der Waals surface area contributed by atoms with Crippen molar-refractivity contribution in [1.29, 1.82) is 0 Å². The maximum absolute atomic E-state index is 2.69. The zero-order valence-corrected chi connectivity index (χ0v) is 11.0. The predicted octanol–water partition coefficient (Wildman–Crippen LogP) is 3.61. The zero-order valence-electron chi connectivity index (χ0n) is 9.40. The van der Waals surface area contributed by atoms with Gasteiger partial charge in [0.15, 0.2) is 0 Å². The lowest BCUT2D eigenvalue weighted by Crippen LogP contribution is -2.39. The quantitative estimate of drug-likeness (QED) is 0.715. The average Bonchev–Trinajstić information content (AvgIpc) is 2.50. The molecule has 0 aromatic heterocycles. The van der Waals surface area contributed by atoms with E-state index in [1.165, 1.54) is 25.8 Å². The summed E-state index contributed by atoms with van der Waals surface area (Å²) in [5, 5.41) is 1.60. The summed E-state index contributed by atoms with van der Waals surface area (Å²) >= 11 is 4.40. The molecule has 0 bridgehead atoms. The highest BCUT2D eigenvalue weighted by Gasteiger charge is 2.37. The van der Waals surface area contributed by atoms with E-state index >= 15 is 0 Å². The van der Waals surface area contributed by atoms with E-state index in [2.05, 4.69) is 49.2 Å². The minimum absolute atomic E-state index is 0.757. The summed E-state index contributed by atoms with van der Waals surface area (Å²) in [6.45, 7) is 8.40. The Bertz CT molecular complexity index is 196. The van der Waals surface area contributed by atoms with Gasteiger partial charge in [0.2, 0.25) is 0 Å². The molecule has 14 heavy (non-hydrogen) atoms. The highest BCUT2D eigenvalue weighted by Crippen LogP contribution is 2.46. The Morgan fingerprint density at radius 1 is 1.36 bits per heavy atom. The van der Waals surface area contributed by atoms with Gasteiger partial charge in [-0.05, 0) is 32.1 Å². The molecule has 3 heteroatoms. The molecule has 0 aliphatic carbocycles. The van der Waals surface area contributed by atoms with E-state index in [-0.39, 0.29) is 0 Å². The van der Waals surface area contributed by atoms with Crippen molar-refractivity contribution in [3.8, 4) is 0 Å². The Hall–Kier alpha value is 0.660. The van der Waals surface area contributed by atoms with E-state index in [1.807, 2.05) is 0 Å². The van der Waals surface area contributed by atoms with Crippen LogP contribution in [0.1, 0.15) is 40.0 Å². The molecule has 0 amide bonds. The summed E-state index contributed by atoms with van der Waals surface area (Å²) in [5.74, 6) is 0.847. The van der Waals surface area contributed by atoms with E-state index in [1.54, 1.807) is 0 Å². The molecule has 1 nitrogen and oxygen atoms in total. The second kappa shape index (κ2) is 4.67. The molecule has 3 atom stereocenters. The van der Waals surface area contributed by atoms with E-state index in [9.17, 15) is 0 Å². The first-order chi connectivity index (χ1) is 6.66. The number of thioether (sulfide) groups is 2. The van der Waals surface area contributed by atoms with Crippen LogP contribution in [-0.2, 0) is 0 Å². The third-order valence-corrected chi connectivity index (χ3v) is 6.17. The molecule has 82 valence electrons. The molecule has 2 saturated heterocycles. The molecule has 0 aromatic rings. The Morgan fingerprint density at radius 2 is 2.14 bits per heavy atom. The molecule has 0 saturated carbocycles. The lowest BCUT2D eigenvalue weighted by molar-refractivity contribution is 0.305. The van der Waals surface area contributed by atoms with Crippen molar-refractivity contribution in [2.75, 3.05) is 6.54 Å². The number of hydrogen-bond acceptors (Lipinski definition) is 3. The molecule has 0 aromatic carbocycles. The fraction of sp³-hybridized carbons (Fsp3) is 1.00. The Balaban J connectivity index is 1.92. The summed E-state index contributed by atoms with van der Waals surface area (Å²) in [4.78, 5) is 2.69. The number of rotatable bonds is 2. The molecule has 2 aliphatic heterocycles. The van der Waals surface area contributed by atoms with Gasteiger partial charge in [-0.3, -0.25) is 4.90 Å². The number of nitrogens with zero attached hydrogens (tertiary/aromatic N) is 1. The van der Waals surface area contributed by atoms with Crippen LogP contribution in [0.25, 0.3) is 0 Å². The molecule has 0 spiro atoms. The molecule has 2 fully saturated rings. The molecular formula is C11H21NS2. The predicted molar refractivity (Wildman–Crippen MR) is 67.6 cm³/mol. The molecule has 3 unspecified atom stereocenters. The molecule has 0 N–H and O–H groups in total. The summed E-state index contributed by atoms with van der Waals surface area (Å²) in [6.07, 6.45) is 4.21. The fourth-order valence-corrected chi connectivity index (χ4v) is 6.46. The van der Waals surface area contributed by atoms with Crippen LogP contribution < -0.4 is 0 Å². The Morgan fingerprint density at radius 3 is 2.86 bits per heavy atom. The van der Waals surface area contributed by atoms with Crippen LogP contribution in [-0.4, -0.2) is 26.8 Å². The van der Waals surface area contributed by atoms with Crippen molar-refractivity contribution in [2.24, 2.45) is 5.92 Å². The first-order valence-electron chi connectivity index (χ1n) is 5.73. The van der Waals surface area contributed by atoms with Gasteiger partial charge in [-0.2, -0.15) is 0 Å². The minimum atomic E-state index is 0.757. The van der Waals surface area contributed by atoms with Gasteiger partial charge in [-0.15, -0.1) is 23.5 Å². The number of fused-ring (bicyclic) bond motifs is 1. The van der Waals surface area contributed by atoms with Gasteiger partial charge >= 0.3 is 0 Å². The lowest BCUT2D eigenvalue weighted by atomic mass is 10.2. The van der Waals surface area contributed by atoms with Crippen molar-refractivity contribution in [1.82, 2.24) is 4.90 Å². The van der Waals surface area contributed by atoms with Gasteiger partial charge in [0.1, 0.15) is 0 Å². The zero-order chi connectivity index (χ0) is 10.1. The summed E-state index contributed by atoms with van der Waals surface area (Å²) in [6, 6.07) is 0. The van der Waals surface area contributed by atoms with E-state index in [0.29, 0.717) is 0 Å². The van der Waals surface area contributed by atoms with Gasteiger partial charge in [0.05, 0.1) is 15.3 Å².